The standard InChI is InChI=1S/C24H26N2O3S/c1-4-20-10-8-9-13-23(20)26(30(28,29)21-11-6-5-7-12-21)17-24(27)25-22-15-14-18(2)16-19(22)3/h5-16H,4,17H2,1-3H3,(H,25,27). The van der Waals surface area contributed by atoms with E-state index < -0.39 is 15.9 Å². The van der Waals surface area contributed by atoms with Gasteiger partial charge in [0.25, 0.3) is 10.0 Å². The highest BCUT2D eigenvalue weighted by atomic mass is 32.2. The Bertz CT molecular complexity index is 1140. The molecule has 0 saturated carbocycles. The third kappa shape index (κ3) is 4.71. The first-order valence-corrected chi connectivity index (χ1v) is 11.3. The molecule has 0 heterocycles. The van der Waals surface area contributed by atoms with Crippen LogP contribution in [0.2, 0.25) is 0 Å². The third-order valence-corrected chi connectivity index (χ3v) is 6.69. The molecule has 1 N–H and O–H groups in total. The van der Waals surface area contributed by atoms with Crippen LogP contribution in [0.3, 0.4) is 0 Å². The number of para-hydroxylation sites is 1. The zero-order valence-electron chi connectivity index (χ0n) is 17.4. The largest absolute Gasteiger partial charge is 0.324 e. The molecular weight excluding hydrogens is 396 g/mol. The monoisotopic (exact) mass is 422 g/mol. The number of hydrogen-bond acceptors (Lipinski definition) is 3. The number of carbonyl (C=O) groups excluding carboxylic acids is 1. The van der Waals surface area contributed by atoms with Crippen molar-refractivity contribution in [2.75, 3.05) is 16.2 Å². The number of aryl methyl sites for hydroxylation is 3. The lowest BCUT2D eigenvalue weighted by Crippen LogP contribution is -2.38. The lowest BCUT2D eigenvalue weighted by Gasteiger charge is -2.26. The SMILES string of the molecule is CCc1ccccc1N(CC(=O)Nc1ccc(C)cc1C)S(=O)(=O)c1ccccc1. The molecule has 0 spiro atoms. The van der Waals surface area contributed by atoms with E-state index in [1.165, 1.54) is 4.31 Å². The van der Waals surface area contributed by atoms with Crippen LogP contribution in [-0.2, 0) is 21.2 Å². The lowest BCUT2D eigenvalue weighted by molar-refractivity contribution is -0.114. The molecule has 0 unspecified atom stereocenters. The summed E-state index contributed by atoms with van der Waals surface area (Å²) in [5.41, 5.74) is 4.06. The van der Waals surface area contributed by atoms with Crippen LogP contribution in [0.15, 0.2) is 77.7 Å². The Balaban J connectivity index is 1.98. The number of anilines is 2. The van der Waals surface area contributed by atoms with Crippen molar-refractivity contribution in [3.8, 4) is 0 Å². The van der Waals surface area contributed by atoms with Gasteiger partial charge in [-0.1, -0.05) is 61.0 Å². The van der Waals surface area contributed by atoms with Gasteiger partial charge in [-0.2, -0.15) is 0 Å². The fourth-order valence-corrected chi connectivity index (χ4v) is 4.83. The molecule has 0 aliphatic heterocycles. The van der Waals surface area contributed by atoms with Crippen LogP contribution in [0.4, 0.5) is 11.4 Å². The van der Waals surface area contributed by atoms with Crippen molar-refractivity contribution in [3.05, 3.63) is 89.5 Å². The molecule has 0 fully saturated rings. The van der Waals surface area contributed by atoms with Gasteiger partial charge < -0.3 is 5.32 Å². The predicted molar refractivity (Wildman–Crippen MR) is 121 cm³/mol. The van der Waals surface area contributed by atoms with Gasteiger partial charge in [-0.3, -0.25) is 9.10 Å². The van der Waals surface area contributed by atoms with Crippen molar-refractivity contribution in [3.63, 3.8) is 0 Å². The molecular formula is C24H26N2O3S. The molecule has 156 valence electrons. The highest BCUT2D eigenvalue weighted by Gasteiger charge is 2.28. The van der Waals surface area contributed by atoms with Gasteiger partial charge in [0.1, 0.15) is 6.54 Å². The minimum Gasteiger partial charge on any atom is -0.324 e. The van der Waals surface area contributed by atoms with Gasteiger partial charge in [-0.15, -0.1) is 0 Å². The van der Waals surface area contributed by atoms with Crippen molar-refractivity contribution < 1.29 is 13.2 Å². The van der Waals surface area contributed by atoms with E-state index in [0.717, 1.165) is 16.7 Å². The Morgan fingerprint density at radius 2 is 1.60 bits per heavy atom. The number of nitrogens with one attached hydrogen (secondary N) is 1. The highest BCUT2D eigenvalue weighted by Crippen LogP contribution is 2.27. The van der Waals surface area contributed by atoms with E-state index in [1.807, 2.05) is 51.1 Å². The Morgan fingerprint density at radius 3 is 2.27 bits per heavy atom. The first-order chi connectivity index (χ1) is 14.3. The second-order valence-corrected chi connectivity index (χ2v) is 9.04. The molecule has 3 aromatic carbocycles. The molecule has 1 amide bonds. The Kier molecular flexibility index (Phi) is 6.57. The zero-order valence-corrected chi connectivity index (χ0v) is 18.2. The zero-order chi connectivity index (χ0) is 21.7. The van der Waals surface area contributed by atoms with E-state index in [0.29, 0.717) is 17.8 Å². The van der Waals surface area contributed by atoms with E-state index in [4.69, 9.17) is 0 Å². The Morgan fingerprint density at radius 1 is 0.933 bits per heavy atom. The smallest absolute Gasteiger partial charge is 0.264 e. The van der Waals surface area contributed by atoms with Crippen molar-refractivity contribution in [2.24, 2.45) is 0 Å². The predicted octanol–water partition coefficient (Wildman–Crippen LogP) is 4.70. The molecule has 6 heteroatoms. The average Bonchev–Trinajstić information content (AvgIpc) is 2.74. The van der Waals surface area contributed by atoms with Gasteiger partial charge in [0, 0.05) is 5.69 Å². The van der Waals surface area contributed by atoms with E-state index in [2.05, 4.69) is 5.32 Å². The number of amides is 1. The quantitative estimate of drug-likeness (QED) is 0.600. The number of nitrogens with zero attached hydrogens (tertiary/aromatic N) is 1. The van der Waals surface area contributed by atoms with Crippen LogP contribution in [-0.4, -0.2) is 20.9 Å². The Hall–Kier alpha value is -3.12. The molecule has 0 atom stereocenters. The van der Waals surface area contributed by atoms with E-state index in [9.17, 15) is 13.2 Å². The topological polar surface area (TPSA) is 66.5 Å². The average molecular weight is 423 g/mol. The molecule has 0 radical (unpaired) electrons. The molecule has 0 aliphatic rings. The van der Waals surface area contributed by atoms with Gasteiger partial charge in [0.15, 0.2) is 0 Å². The molecule has 0 bridgehead atoms. The minimum absolute atomic E-state index is 0.148. The summed E-state index contributed by atoms with van der Waals surface area (Å²) in [7, 11) is -3.92. The van der Waals surface area contributed by atoms with Crippen molar-refractivity contribution >= 4 is 27.3 Å². The van der Waals surface area contributed by atoms with Crippen molar-refractivity contribution in [1.29, 1.82) is 0 Å². The van der Waals surface area contributed by atoms with Gasteiger partial charge in [0.2, 0.25) is 5.91 Å². The van der Waals surface area contributed by atoms with Crippen molar-refractivity contribution in [1.82, 2.24) is 0 Å². The molecule has 5 nitrogen and oxygen atoms in total. The molecule has 3 rings (SSSR count). The summed E-state index contributed by atoms with van der Waals surface area (Å²) in [5, 5.41) is 2.85. The number of carbonyl (C=O) groups is 1. The third-order valence-electron chi connectivity index (χ3n) is 4.92. The van der Waals surface area contributed by atoms with Crippen LogP contribution in [0, 0.1) is 13.8 Å². The van der Waals surface area contributed by atoms with E-state index >= 15 is 0 Å². The molecule has 0 aromatic heterocycles. The lowest BCUT2D eigenvalue weighted by atomic mass is 10.1. The fraction of sp³-hybridized carbons (Fsp3) is 0.208. The summed E-state index contributed by atoms with van der Waals surface area (Å²) in [4.78, 5) is 13.0. The van der Waals surface area contributed by atoms with Gasteiger partial charge in [0.05, 0.1) is 10.6 Å². The van der Waals surface area contributed by atoms with Crippen LogP contribution >= 0.6 is 0 Å². The molecule has 0 aliphatic carbocycles. The normalized spacial score (nSPS) is 11.2. The summed E-state index contributed by atoms with van der Waals surface area (Å²) in [6, 6.07) is 21.2. The maximum absolute atomic E-state index is 13.4. The summed E-state index contributed by atoms with van der Waals surface area (Å²) in [6.45, 7) is 5.53. The summed E-state index contributed by atoms with van der Waals surface area (Å²) >= 11 is 0. The maximum atomic E-state index is 13.4. The molecule has 3 aromatic rings. The van der Waals surface area contributed by atoms with Crippen LogP contribution in [0.1, 0.15) is 23.6 Å². The number of benzene rings is 3. The summed E-state index contributed by atoms with van der Waals surface area (Å²) in [5.74, 6) is -0.396. The number of sulfonamides is 1. The van der Waals surface area contributed by atoms with Gasteiger partial charge in [-0.05, 0) is 55.7 Å². The second kappa shape index (κ2) is 9.13. The van der Waals surface area contributed by atoms with Crippen LogP contribution < -0.4 is 9.62 Å². The van der Waals surface area contributed by atoms with E-state index in [-0.39, 0.29) is 11.4 Å². The second-order valence-electron chi connectivity index (χ2n) is 7.17. The summed E-state index contributed by atoms with van der Waals surface area (Å²) < 4.78 is 28.1. The van der Waals surface area contributed by atoms with E-state index in [1.54, 1.807) is 42.5 Å². The molecule has 30 heavy (non-hydrogen) atoms. The number of hydrogen-bond donors (Lipinski definition) is 1. The highest BCUT2D eigenvalue weighted by molar-refractivity contribution is 7.92. The van der Waals surface area contributed by atoms with Crippen molar-refractivity contribution in [2.45, 2.75) is 32.1 Å². The van der Waals surface area contributed by atoms with Gasteiger partial charge in [-0.25, -0.2) is 8.42 Å². The molecule has 0 saturated heterocycles. The fourth-order valence-electron chi connectivity index (χ4n) is 3.35. The first-order valence-electron chi connectivity index (χ1n) is 9.85. The number of rotatable bonds is 7. The van der Waals surface area contributed by atoms with Crippen LogP contribution in [0.25, 0.3) is 0 Å². The van der Waals surface area contributed by atoms with Gasteiger partial charge >= 0.3 is 0 Å². The summed E-state index contributed by atoms with van der Waals surface area (Å²) in [6.07, 6.45) is 0.648. The minimum atomic E-state index is -3.92. The first kappa shape index (κ1) is 21.6. The maximum Gasteiger partial charge on any atom is 0.264 e. The Labute approximate surface area is 178 Å². The van der Waals surface area contributed by atoms with Crippen LogP contribution in [0.5, 0.6) is 0 Å².